The fraction of sp³-hybridized carbons (Fsp3) is 0.273. The largest absolute Gasteiger partial charge is 0.322 e. The molecule has 1 aliphatic rings. The Morgan fingerprint density at radius 2 is 2.25 bits per heavy atom. The second-order valence-electron chi connectivity index (χ2n) is 3.77. The Morgan fingerprint density at radius 1 is 1.56 bits per heavy atom. The van der Waals surface area contributed by atoms with Gasteiger partial charge in [-0.1, -0.05) is 15.9 Å². The molecule has 1 aromatic carbocycles. The summed E-state index contributed by atoms with van der Waals surface area (Å²) in [5.74, 6) is -0.937. The van der Waals surface area contributed by atoms with Crippen LogP contribution in [0.5, 0.6) is 0 Å². The lowest BCUT2D eigenvalue weighted by Gasteiger charge is -2.08. The highest BCUT2D eigenvalue weighted by atomic mass is 79.9. The van der Waals surface area contributed by atoms with E-state index < -0.39 is 17.1 Å². The molecule has 2 rings (SSSR count). The van der Waals surface area contributed by atoms with Gasteiger partial charge in [0.25, 0.3) is 0 Å². The molecule has 0 saturated heterocycles. The molecule has 1 N–H and O–H groups in total. The second-order valence-corrected chi connectivity index (χ2v) is 4.69. The Morgan fingerprint density at radius 3 is 2.75 bits per heavy atom. The maximum atomic E-state index is 13.4. The van der Waals surface area contributed by atoms with Gasteiger partial charge in [-0.05, 0) is 31.0 Å². The number of benzene rings is 1. The smallest absolute Gasteiger partial charge is 0.244 e. The zero-order chi connectivity index (χ0) is 11.8. The van der Waals surface area contributed by atoms with Gasteiger partial charge in [-0.15, -0.1) is 0 Å². The molecule has 0 spiro atoms. The van der Waals surface area contributed by atoms with Crippen LogP contribution in [-0.4, -0.2) is 5.91 Å². The van der Waals surface area contributed by atoms with Gasteiger partial charge in [-0.25, -0.2) is 4.39 Å². The highest BCUT2D eigenvalue weighted by Gasteiger charge is 2.50. The van der Waals surface area contributed by atoms with E-state index in [-0.39, 0.29) is 5.69 Å². The Kier molecular flexibility index (Phi) is 2.68. The Bertz CT molecular complexity index is 491. The summed E-state index contributed by atoms with van der Waals surface area (Å²) in [6, 6.07) is 6.32. The summed E-state index contributed by atoms with van der Waals surface area (Å²) in [5.41, 5.74) is -0.825. The van der Waals surface area contributed by atoms with Crippen LogP contribution < -0.4 is 5.32 Å². The number of hydrogen-bond acceptors (Lipinski definition) is 2. The van der Waals surface area contributed by atoms with Gasteiger partial charge < -0.3 is 5.32 Å². The fourth-order valence-corrected chi connectivity index (χ4v) is 1.68. The molecule has 0 heterocycles. The highest BCUT2D eigenvalue weighted by molar-refractivity contribution is 9.10. The SMILES string of the molecule is N#CC1(C(=O)Nc2ccc(Br)cc2F)CC1. The molecule has 0 aromatic heterocycles. The van der Waals surface area contributed by atoms with E-state index >= 15 is 0 Å². The third-order valence-corrected chi connectivity index (χ3v) is 3.07. The van der Waals surface area contributed by atoms with Gasteiger partial charge in [0.2, 0.25) is 5.91 Å². The van der Waals surface area contributed by atoms with Crippen LogP contribution >= 0.6 is 15.9 Å². The van der Waals surface area contributed by atoms with Crippen LogP contribution in [0.2, 0.25) is 0 Å². The average molecular weight is 283 g/mol. The van der Waals surface area contributed by atoms with Gasteiger partial charge in [-0.2, -0.15) is 5.26 Å². The first-order valence-electron chi connectivity index (χ1n) is 4.75. The number of rotatable bonds is 2. The zero-order valence-corrected chi connectivity index (χ0v) is 9.84. The van der Waals surface area contributed by atoms with Gasteiger partial charge in [0.05, 0.1) is 11.8 Å². The molecule has 3 nitrogen and oxygen atoms in total. The maximum Gasteiger partial charge on any atom is 0.244 e. The standard InChI is InChI=1S/C11H8BrFN2O/c12-7-1-2-9(8(13)5-7)15-10(16)11(6-14)3-4-11/h1-2,5H,3-4H2,(H,15,16). The van der Waals surface area contributed by atoms with Gasteiger partial charge in [-0.3, -0.25) is 4.79 Å². The summed E-state index contributed by atoms with van der Waals surface area (Å²) in [6.07, 6.45) is 1.10. The minimum atomic E-state index is -0.931. The third kappa shape index (κ3) is 1.93. The zero-order valence-electron chi connectivity index (χ0n) is 8.26. The quantitative estimate of drug-likeness (QED) is 0.907. The van der Waals surface area contributed by atoms with Crippen molar-refractivity contribution in [2.45, 2.75) is 12.8 Å². The van der Waals surface area contributed by atoms with Crippen LogP contribution in [0.4, 0.5) is 10.1 Å². The molecule has 1 saturated carbocycles. The van der Waals surface area contributed by atoms with Crippen molar-refractivity contribution in [1.29, 1.82) is 5.26 Å². The van der Waals surface area contributed by atoms with Crippen molar-refractivity contribution in [3.8, 4) is 6.07 Å². The van der Waals surface area contributed by atoms with E-state index in [9.17, 15) is 9.18 Å². The number of carbonyl (C=O) groups is 1. The molecule has 1 aliphatic carbocycles. The molecule has 0 radical (unpaired) electrons. The van der Waals surface area contributed by atoms with Crippen LogP contribution in [-0.2, 0) is 4.79 Å². The predicted molar refractivity (Wildman–Crippen MR) is 60.0 cm³/mol. The van der Waals surface area contributed by atoms with E-state index in [2.05, 4.69) is 21.2 Å². The number of hydrogen-bond donors (Lipinski definition) is 1. The van der Waals surface area contributed by atoms with Crippen LogP contribution in [0.1, 0.15) is 12.8 Å². The number of halogens is 2. The van der Waals surface area contributed by atoms with Gasteiger partial charge in [0.15, 0.2) is 0 Å². The summed E-state index contributed by atoms with van der Waals surface area (Å²) < 4.78 is 14.0. The topological polar surface area (TPSA) is 52.9 Å². The van der Waals surface area contributed by atoms with Crippen molar-refractivity contribution < 1.29 is 9.18 Å². The van der Waals surface area contributed by atoms with Gasteiger partial charge in [0.1, 0.15) is 11.2 Å². The third-order valence-electron chi connectivity index (χ3n) is 2.58. The number of amides is 1. The van der Waals surface area contributed by atoms with E-state index in [1.165, 1.54) is 12.1 Å². The van der Waals surface area contributed by atoms with Crippen LogP contribution in [0.15, 0.2) is 22.7 Å². The summed E-state index contributed by atoms with van der Waals surface area (Å²) in [7, 11) is 0. The van der Waals surface area contributed by atoms with Crippen molar-refractivity contribution in [1.82, 2.24) is 0 Å². The van der Waals surface area contributed by atoms with Crippen molar-refractivity contribution >= 4 is 27.5 Å². The minimum absolute atomic E-state index is 0.106. The molecule has 0 atom stereocenters. The van der Waals surface area contributed by atoms with Crippen molar-refractivity contribution in [2.75, 3.05) is 5.32 Å². The summed E-state index contributed by atoms with van der Waals surface area (Å²) >= 11 is 3.12. The molecule has 1 amide bonds. The fourth-order valence-electron chi connectivity index (χ4n) is 1.35. The number of anilines is 1. The van der Waals surface area contributed by atoms with Gasteiger partial charge in [0, 0.05) is 4.47 Å². The van der Waals surface area contributed by atoms with Crippen molar-refractivity contribution in [3.05, 3.63) is 28.5 Å². The molecule has 0 unspecified atom stereocenters. The molecule has 0 bridgehead atoms. The molecule has 0 aliphatic heterocycles. The van der Waals surface area contributed by atoms with Crippen LogP contribution in [0.3, 0.4) is 0 Å². The Hall–Kier alpha value is -1.41. The van der Waals surface area contributed by atoms with E-state index in [1.807, 2.05) is 6.07 Å². The first-order chi connectivity index (χ1) is 7.57. The average Bonchev–Trinajstić information content (AvgIpc) is 3.03. The first-order valence-corrected chi connectivity index (χ1v) is 5.54. The lowest BCUT2D eigenvalue weighted by Crippen LogP contribution is -2.23. The van der Waals surface area contributed by atoms with Crippen LogP contribution in [0, 0.1) is 22.6 Å². The van der Waals surface area contributed by atoms with Crippen molar-refractivity contribution in [3.63, 3.8) is 0 Å². The van der Waals surface area contributed by atoms with E-state index in [0.717, 1.165) is 0 Å². The van der Waals surface area contributed by atoms with Gasteiger partial charge >= 0.3 is 0 Å². The molecule has 1 fully saturated rings. The molecule has 5 heteroatoms. The maximum absolute atomic E-state index is 13.4. The Labute approximate surface area is 100 Å². The number of carbonyl (C=O) groups excluding carboxylic acids is 1. The minimum Gasteiger partial charge on any atom is -0.322 e. The van der Waals surface area contributed by atoms with E-state index in [0.29, 0.717) is 17.3 Å². The molecule has 82 valence electrons. The lowest BCUT2D eigenvalue weighted by atomic mass is 10.1. The highest BCUT2D eigenvalue weighted by Crippen LogP contribution is 2.45. The second kappa shape index (κ2) is 3.87. The Balaban J connectivity index is 2.16. The summed E-state index contributed by atoms with van der Waals surface area (Å²) in [4.78, 5) is 11.7. The molecule has 16 heavy (non-hydrogen) atoms. The first kappa shape index (κ1) is 11.1. The number of nitrogens with zero attached hydrogens (tertiary/aromatic N) is 1. The summed E-state index contributed by atoms with van der Waals surface area (Å²) in [5, 5.41) is 11.2. The van der Waals surface area contributed by atoms with E-state index in [4.69, 9.17) is 5.26 Å². The van der Waals surface area contributed by atoms with Crippen molar-refractivity contribution in [2.24, 2.45) is 5.41 Å². The lowest BCUT2D eigenvalue weighted by molar-refractivity contribution is -0.119. The predicted octanol–water partition coefficient (Wildman–Crippen LogP) is 2.83. The normalized spacial score (nSPS) is 16.3. The number of nitriles is 1. The molecular formula is C11H8BrFN2O. The molecule has 1 aromatic rings. The van der Waals surface area contributed by atoms with E-state index in [1.54, 1.807) is 6.07 Å². The number of nitrogens with one attached hydrogen (secondary N) is 1. The van der Waals surface area contributed by atoms with Crippen LogP contribution in [0.25, 0.3) is 0 Å². The monoisotopic (exact) mass is 282 g/mol. The molecular weight excluding hydrogens is 275 g/mol. The summed E-state index contributed by atoms with van der Waals surface area (Å²) in [6.45, 7) is 0.